The highest BCUT2D eigenvalue weighted by atomic mass is 79.9. The number of aromatic nitrogens is 3. The van der Waals surface area contributed by atoms with Crippen molar-refractivity contribution in [1.29, 1.82) is 0 Å². The first-order valence-electron chi connectivity index (χ1n) is 5.72. The Morgan fingerprint density at radius 2 is 2.12 bits per heavy atom. The summed E-state index contributed by atoms with van der Waals surface area (Å²) in [5.41, 5.74) is 2.32. The van der Waals surface area contributed by atoms with E-state index >= 15 is 0 Å². The SMILES string of the molecule is Cc1ccc(-c2nncn2CC(C)C)cc1Br. The molecule has 1 heterocycles. The van der Waals surface area contributed by atoms with Crippen LogP contribution in [0, 0.1) is 12.8 Å². The van der Waals surface area contributed by atoms with Crippen LogP contribution >= 0.6 is 15.9 Å². The van der Waals surface area contributed by atoms with E-state index in [2.05, 4.69) is 69.7 Å². The van der Waals surface area contributed by atoms with Gasteiger partial charge in [-0.1, -0.05) is 41.9 Å². The van der Waals surface area contributed by atoms with Crippen molar-refractivity contribution in [1.82, 2.24) is 14.8 Å². The molecule has 17 heavy (non-hydrogen) atoms. The average Bonchev–Trinajstić information content (AvgIpc) is 2.69. The van der Waals surface area contributed by atoms with Gasteiger partial charge in [0.15, 0.2) is 5.82 Å². The van der Waals surface area contributed by atoms with Crippen LogP contribution in [0.15, 0.2) is 29.0 Å². The van der Waals surface area contributed by atoms with Crippen LogP contribution in [-0.4, -0.2) is 14.8 Å². The molecule has 0 saturated heterocycles. The number of aryl methyl sites for hydroxylation is 1. The molecule has 2 aromatic rings. The minimum Gasteiger partial charge on any atom is -0.313 e. The molecule has 0 bridgehead atoms. The molecule has 0 saturated carbocycles. The van der Waals surface area contributed by atoms with Crippen molar-refractivity contribution in [2.75, 3.05) is 0 Å². The molecule has 0 aliphatic carbocycles. The number of hydrogen-bond donors (Lipinski definition) is 0. The Morgan fingerprint density at radius 1 is 1.35 bits per heavy atom. The summed E-state index contributed by atoms with van der Waals surface area (Å²) in [6.07, 6.45) is 1.79. The quantitative estimate of drug-likeness (QED) is 0.864. The molecular formula is C13H16BrN3. The summed E-state index contributed by atoms with van der Waals surface area (Å²) in [5, 5.41) is 8.20. The summed E-state index contributed by atoms with van der Waals surface area (Å²) in [6, 6.07) is 6.27. The summed E-state index contributed by atoms with van der Waals surface area (Å²) >= 11 is 3.55. The van der Waals surface area contributed by atoms with Crippen LogP contribution in [0.2, 0.25) is 0 Å². The van der Waals surface area contributed by atoms with Crippen LogP contribution in [0.1, 0.15) is 19.4 Å². The molecule has 3 nitrogen and oxygen atoms in total. The molecule has 0 fully saturated rings. The third-order valence-corrected chi connectivity index (χ3v) is 3.46. The van der Waals surface area contributed by atoms with Crippen LogP contribution in [0.3, 0.4) is 0 Å². The van der Waals surface area contributed by atoms with E-state index in [4.69, 9.17) is 0 Å². The zero-order chi connectivity index (χ0) is 12.4. The highest BCUT2D eigenvalue weighted by Crippen LogP contribution is 2.24. The molecule has 0 amide bonds. The van der Waals surface area contributed by atoms with Crippen molar-refractivity contribution in [3.63, 3.8) is 0 Å². The van der Waals surface area contributed by atoms with E-state index in [1.807, 2.05) is 0 Å². The zero-order valence-electron chi connectivity index (χ0n) is 10.3. The van der Waals surface area contributed by atoms with Crippen molar-refractivity contribution in [3.8, 4) is 11.4 Å². The molecule has 0 N–H and O–H groups in total. The van der Waals surface area contributed by atoms with Crippen LogP contribution in [0.5, 0.6) is 0 Å². The van der Waals surface area contributed by atoms with E-state index in [1.54, 1.807) is 6.33 Å². The molecule has 0 radical (unpaired) electrons. The lowest BCUT2D eigenvalue weighted by molar-refractivity contribution is 0.525. The fourth-order valence-electron chi connectivity index (χ4n) is 1.74. The van der Waals surface area contributed by atoms with Gasteiger partial charge in [0.05, 0.1) is 0 Å². The molecule has 0 aliphatic rings. The zero-order valence-corrected chi connectivity index (χ0v) is 11.9. The molecule has 0 aliphatic heterocycles. The predicted molar refractivity (Wildman–Crippen MR) is 72.7 cm³/mol. The van der Waals surface area contributed by atoms with Gasteiger partial charge in [-0.2, -0.15) is 0 Å². The normalized spacial score (nSPS) is 11.1. The van der Waals surface area contributed by atoms with Crippen LogP contribution in [0.4, 0.5) is 0 Å². The lowest BCUT2D eigenvalue weighted by Gasteiger charge is -2.09. The first-order valence-corrected chi connectivity index (χ1v) is 6.51. The van der Waals surface area contributed by atoms with Gasteiger partial charge in [-0.05, 0) is 24.5 Å². The van der Waals surface area contributed by atoms with Crippen molar-refractivity contribution < 1.29 is 0 Å². The van der Waals surface area contributed by atoms with Gasteiger partial charge in [0.2, 0.25) is 0 Å². The molecule has 4 heteroatoms. The van der Waals surface area contributed by atoms with Gasteiger partial charge in [-0.3, -0.25) is 0 Å². The van der Waals surface area contributed by atoms with Gasteiger partial charge in [0.1, 0.15) is 6.33 Å². The second kappa shape index (κ2) is 5.00. The topological polar surface area (TPSA) is 30.7 Å². The Morgan fingerprint density at radius 3 is 2.76 bits per heavy atom. The molecule has 90 valence electrons. The van der Waals surface area contributed by atoms with Crippen LogP contribution in [-0.2, 0) is 6.54 Å². The van der Waals surface area contributed by atoms with Gasteiger partial charge in [-0.25, -0.2) is 0 Å². The number of nitrogens with zero attached hydrogens (tertiary/aromatic N) is 3. The van der Waals surface area contributed by atoms with Crippen molar-refractivity contribution in [3.05, 3.63) is 34.6 Å². The lowest BCUT2D eigenvalue weighted by Crippen LogP contribution is -2.05. The van der Waals surface area contributed by atoms with Gasteiger partial charge in [-0.15, -0.1) is 10.2 Å². The van der Waals surface area contributed by atoms with Gasteiger partial charge >= 0.3 is 0 Å². The largest absolute Gasteiger partial charge is 0.313 e. The van der Waals surface area contributed by atoms with E-state index < -0.39 is 0 Å². The molecule has 0 unspecified atom stereocenters. The summed E-state index contributed by atoms with van der Waals surface area (Å²) in [5.74, 6) is 1.51. The van der Waals surface area contributed by atoms with Gasteiger partial charge in [0.25, 0.3) is 0 Å². The summed E-state index contributed by atoms with van der Waals surface area (Å²) in [6.45, 7) is 7.39. The standard InChI is InChI=1S/C13H16BrN3/c1-9(2)7-17-8-15-16-13(17)11-5-4-10(3)12(14)6-11/h4-6,8-9H,7H2,1-3H3. The summed E-state index contributed by atoms with van der Waals surface area (Å²) in [7, 11) is 0. The molecule has 1 aromatic carbocycles. The van der Waals surface area contributed by atoms with E-state index in [0.29, 0.717) is 5.92 Å². The van der Waals surface area contributed by atoms with Crippen molar-refractivity contribution in [2.24, 2.45) is 5.92 Å². The minimum atomic E-state index is 0.582. The maximum Gasteiger partial charge on any atom is 0.163 e. The fourth-order valence-corrected chi connectivity index (χ4v) is 2.12. The molecular weight excluding hydrogens is 278 g/mol. The second-order valence-corrected chi connectivity index (χ2v) is 5.52. The second-order valence-electron chi connectivity index (χ2n) is 4.66. The smallest absolute Gasteiger partial charge is 0.163 e. The molecule has 1 aromatic heterocycles. The Labute approximate surface area is 110 Å². The van der Waals surface area contributed by atoms with E-state index in [9.17, 15) is 0 Å². The Hall–Kier alpha value is -1.16. The fraction of sp³-hybridized carbons (Fsp3) is 0.385. The first-order chi connectivity index (χ1) is 8.08. The maximum atomic E-state index is 4.20. The number of hydrogen-bond acceptors (Lipinski definition) is 2. The van der Waals surface area contributed by atoms with Crippen molar-refractivity contribution >= 4 is 15.9 Å². The lowest BCUT2D eigenvalue weighted by atomic mass is 10.1. The van der Waals surface area contributed by atoms with Gasteiger partial charge < -0.3 is 4.57 Å². The predicted octanol–water partition coefficient (Wildman–Crippen LogP) is 3.67. The van der Waals surface area contributed by atoms with Gasteiger partial charge in [0, 0.05) is 16.6 Å². The Bertz CT molecular complexity index is 517. The monoisotopic (exact) mass is 293 g/mol. The third-order valence-electron chi connectivity index (χ3n) is 2.61. The minimum absolute atomic E-state index is 0.582. The molecule has 0 spiro atoms. The molecule has 2 rings (SSSR count). The van der Waals surface area contributed by atoms with E-state index in [-0.39, 0.29) is 0 Å². The highest BCUT2D eigenvalue weighted by Gasteiger charge is 2.09. The first kappa shape index (κ1) is 12.3. The number of benzene rings is 1. The Kier molecular flexibility index (Phi) is 3.62. The van der Waals surface area contributed by atoms with Crippen LogP contribution in [0.25, 0.3) is 11.4 Å². The van der Waals surface area contributed by atoms with E-state index in [1.165, 1.54) is 5.56 Å². The van der Waals surface area contributed by atoms with Crippen molar-refractivity contribution in [2.45, 2.75) is 27.3 Å². The number of halogens is 1. The molecule has 0 atom stereocenters. The number of rotatable bonds is 3. The summed E-state index contributed by atoms with van der Waals surface area (Å²) in [4.78, 5) is 0. The Balaban J connectivity index is 2.39. The third kappa shape index (κ3) is 2.75. The highest BCUT2D eigenvalue weighted by molar-refractivity contribution is 9.10. The van der Waals surface area contributed by atoms with Crippen LogP contribution < -0.4 is 0 Å². The van der Waals surface area contributed by atoms with E-state index in [0.717, 1.165) is 22.4 Å². The average molecular weight is 294 g/mol. The maximum absolute atomic E-state index is 4.20. The summed E-state index contributed by atoms with van der Waals surface area (Å²) < 4.78 is 3.20.